The molecule has 1 heterocycles. The quantitative estimate of drug-likeness (QED) is 0.812. The Bertz CT molecular complexity index is 646. The fourth-order valence-electron chi connectivity index (χ4n) is 1.98. The van der Waals surface area contributed by atoms with E-state index in [0.717, 1.165) is 0 Å². The van der Waals surface area contributed by atoms with Crippen molar-refractivity contribution in [1.29, 1.82) is 0 Å². The van der Waals surface area contributed by atoms with Crippen LogP contribution >= 0.6 is 15.9 Å². The van der Waals surface area contributed by atoms with Crippen LogP contribution in [-0.4, -0.2) is 45.8 Å². The summed E-state index contributed by atoms with van der Waals surface area (Å²) < 4.78 is 26.8. The second-order valence-corrected chi connectivity index (χ2v) is 7.46. The van der Waals surface area contributed by atoms with Crippen molar-refractivity contribution in [3.05, 3.63) is 22.2 Å². The van der Waals surface area contributed by atoms with Gasteiger partial charge < -0.3 is 10.6 Å². The first-order valence-corrected chi connectivity index (χ1v) is 8.33. The van der Waals surface area contributed by atoms with Gasteiger partial charge in [-0.2, -0.15) is 4.31 Å². The fraction of sp³-hybridized carbons (Fsp3) is 0.417. The summed E-state index contributed by atoms with van der Waals surface area (Å²) in [5, 5.41) is 5.60. The van der Waals surface area contributed by atoms with Gasteiger partial charge in [0.15, 0.2) is 0 Å². The van der Waals surface area contributed by atoms with Crippen molar-refractivity contribution >= 4 is 37.5 Å². The van der Waals surface area contributed by atoms with E-state index >= 15 is 0 Å². The van der Waals surface area contributed by atoms with E-state index in [0.29, 0.717) is 28.8 Å². The lowest BCUT2D eigenvalue weighted by Crippen LogP contribution is -2.33. The molecule has 0 radical (unpaired) electrons. The lowest BCUT2D eigenvalue weighted by atomic mass is 10.2. The molecule has 0 unspecified atom stereocenters. The number of anilines is 1. The van der Waals surface area contributed by atoms with Gasteiger partial charge in [-0.3, -0.25) is 4.79 Å². The highest BCUT2D eigenvalue weighted by atomic mass is 79.9. The molecule has 110 valence electrons. The van der Waals surface area contributed by atoms with Crippen molar-refractivity contribution < 1.29 is 13.2 Å². The van der Waals surface area contributed by atoms with Crippen molar-refractivity contribution in [3.8, 4) is 0 Å². The molecule has 1 aromatic rings. The Kier molecular flexibility index (Phi) is 4.48. The third-order valence-electron chi connectivity index (χ3n) is 3.15. The molecule has 0 bridgehead atoms. The molecule has 2 N–H and O–H groups in total. The minimum atomic E-state index is -3.57. The van der Waals surface area contributed by atoms with Crippen LogP contribution in [0.4, 0.5) is 5.69 Å². The average molecular weight is 362 g/mol. The largest absolute Gasteiger partial charge is 0.325 e. The number of rotatable bonds is 5. The van der Waals surface area contributed by atoms with E-state index in [4.69, 9.17) is 0 Å². The normalized spacial score (nSPS) is 14.5. The summed E-state index contributed by atoms with van der Waals surface area (Å²) in [5.74, 6) is -0.120. The number of fused-ring (bicyclic) bond motifs is 1. The van der Waals surface area contributed by atoms with Crippen LogP contribution in [0.15, 0.2) is 21.5 Å². The molecule has 1 aliphatic heterocycles. The number of amides is 1. The Morgan fingerprint density at radius 1 is 1.45 bits per heavy atom. The van der Waals surface area contributed by atoms with Crippen LogP contribution in [0.5, 0.6) is 0 Å². The molecular formula is C12H16BrN3O3S. The Morgan fingerprint density at radius 3 is 2.80 bits per heavy atom. The highest BCUT2D eigenvalue weighted by Crippen LogP contribution is 2.33. The third kappa shape index (κ3) is 2.88. The predicted molar refractivity (Wildman–Crippen MR) is 80.2 cm³/mol. The Labute approximate surface area is 126 Å². The van der Waals surface area contributed by atoms with Crippen LogP contribution < -0.4 is 10.6 Å². The first kappa shape index (κ1) is 15.4. The number of benzene rings is 1. The summed E-state index contributed by atoms with van der Waals surface area (Å²) in [6.07, 6.45) is 0.214. The predicted octanol–water partition coefficient (Wildman–Crippen LogP) is 0.784. The van der Waals surface area contributed by atoms with Crippen molar-refractivity contribution in [2.45, 2.75) is 11.3 Å². The molecule has 0 saturated heterocycles. The molecule has 1 amide bonds. The second kappa shape index (κ2) is 5.80. The summed E-state index contributed by atoms with van der Waals surface area (Å²) >= 11 is 3.27. The van der Waals surface area contributed by atoms with Crippen LogP contribution in [-0.2, 0) is 21.2 Å². The zero-order valence-corrected chi connectivity index (χ0v) is 13.6. The third-order valence-corrected chi connectivity index (χ3v) is 5.96. The Morgan fingerprint density at radius 2 is 2.15 bits per heavy atom. The molecule has 0 fully saturated rings. The maximum atomic E-state index is 12.5. The van der Waals surface area contributed by atoms with E-state index in [1.165, 1.54) is 11.4 Å². The van der Waals surface area contributed by atoms with E-state index in [1.54, 1.807) is 19.2 Å². The first-order valence-electron chi connectivity index (χ1n) is 6.09. The van der Waals surface area contributed by atoms with Crippen LogP contribution in [0.25, 0.3) is 0 Å². The summed E-state index contributed by atoms with van der Waals surface area (Å²) in [5.41, 5.74) is 1.37. The average Bonchev–Trinajstić information content (AvgIpc) is 2.73. The number of hydrogen-bond acceptors (Lipinski definition) is 4. The number of halogens is 1. The van der Waals surface area contributed by atoms with Gasteiger partial charge in [0.25, 0.3) is 0 Å². The van der Waals surface area contributed by atoms with Crippen molar-refractivity contribution in [2.24, 2.45) is 0 Å². The van der Waals surface area contributed by atoms with E-state index in [2.05, 4.69) is 26.6 Å². The minimum Gasteiger partial charge on any atom is -0.325 e. The molecule has 0 spiro atoms. The highest BCUT2D eigenvalue weighted by molar-refractivity contribution is 9.10. The number of nitrogens with one attached hydrogen (secondary N) is 2. The van der Waals surface area contributed by atoms with Crippen LogP contribution in [0.2, 0.25) is 0 Å². The number of nitrogens with zero attached hydrogens (tertiary/aromatic N) is 1. The fourth-order valence-corrected chi connectivity index (χ4v) is 4.20. The van der Waals surface area contributed by atoms with Gasteiger partial charge in [0.1, 0.15) is 0 Å². The number of hydrogen-bond donors (Lipinski definition) is 2. The summed E-state index contributed by atoms with van der Waals surface area (Å²) in [6.45, 7) is 0.942. The van der Waals surface area contributed by atoms with E-state index in [9.17, 15) is 13.2 Å². The molecule has 1 aromatic carbocycles. The maximum absolute atomic E-state index is 12.5. The van der Waals surface area contributed by atoms with Crippen LogP contribution in [0.1, 0.15) is 5.56 Å². The molecule has 0 aliphatic carbocycles. The van der Waals surface area contributed by atoms with Crippen molar-refractivity contribution in [2.75, 3.05) is 32.5 Å². The smallest absolute Gasteiger partial charge is 0.243 e. The molecule has 20 heavy (non-hydrogen) atoms. The number of sulfonamides is 1. The number of carbonyl (C=O) groups excluding carboxylic acids is 1. The Hall–Kier alpha value is -0.960. The lowest BCUT2D eigenvalue weighted by molar-refractivity contribution is -0.115. The van der Waals surface area contributed by atoms with Gasteiger partial charge in [-0.15, -0.1) is 0 Å². The zero-order chi connectivity index (χ0) is 14.9. The molecule has 0 saturated carbocycles. The van der Waals surface area contributed by atoms with Gasteiger partial charge in [-0.1, -0.05) is 0 Å². The van der Waals surface area contributed by atoms with Crippen molar-refractivity contribution in [1.82, 2.24) is 9.62 Å². The number of carbonyl (C=O) groups is 1. The van der Waals surface area contributed by atoms with Gasteiger partial charge in [-0.25, -0.2) is 8.42 Å². The van der Waals surface area contributed by atoms with Crippen LogP contribution in [0.3, 0.4) is 0 Å². The lowest BCUT2D eigenvalue weighted by Gasteiger charge is -2.18. The summed E-state index contributed by atoms with van der Waals surface area (Å²) in [7, 11) is -0.269. The topological polar surface area (TPSA) is 78.5 Å². The van der Waals surface area contributed by atoms with Gasteiger partial charge in [0.05, 0.1) is 11.3 Å². The minimum absolute atomic E-state index is 0.120. The summed E-state index contributed by atoms with van der Waals surface area (Å²) in [6, 6.07) is 3.20. The molecule has 1 aliphatic rings. The van der Waals surface area contributed by atoms with E-state index in [1.807, 2.05) is 0 Å². The van der Waals surface area contributed by atoms with E-state index in [-0.39, 0.29) is 17.2 Å². The molecule has 0 aromatic heterocycles. The highest BCUT2D eigenvalue weighted by Gasteiger charge is 2.27. The molecule has 0 atom stereocenters. The molecule has 2 rings (SSSR count). The SMILES string of the molecule is CNCCN(C)S(=O)(=O)c1cc2c(cc1Br)NC(=O)C2. The number of likely N-dealkylation sites (N-methyl/N-ethyl adjacent to an activating group) is 2. The van der Waals surface area contributed by atoms with Crippen LogP contribution in [0, 0.1) is 0 Å². The molecule has 8 heteroatoms. The monoisotopic (exact) mass is 361 g/mol. The second-order valence-electron chi connectivity index (χ2n) is 4.59. The first-order chi connectivity index (χ1) is 9.36. The summed E-state index contributed by atoms with van der Waals surface area (Å²) in [4.78, 5) is 11.5. The van der Waals surface area contributed by atoms with E-state index < -0.39 is 10.0 Å². The van der Waals surface area contributed by atoms with Gasteiger partial charge >= 0.3 is 0 Å². The molecule has 6 nitrogen and oxygen atoms in total. The van der Waals surface area contributed by atoms with Gasteiger partial charge in [0.2, 0.25) is 15.9 Å². The van der Waals surface area contributed by atoms with Gasteiger partial charge in [0, 0.05) is 30.3 Å². The van der Waals surface area contributed by atoms with Crippen molar-refractivity contribution in [3.63, 3.8) is 0 Å². The standard InChI is InChI=1S/C12H16BrN3O3S/c1-14-3-4-16(2)20(18,19)11-5-8-6-12(17)15-10(8)7-9(11)13/h5,7,14H,3-4,6H2,1-2H3,(H,15,17). The zero-order valence-electron chi connectivity index (χ0n) is 11.2. The Balaban J connectivity index is 2.38. The molecular weight excluding hydrogens is 346 g/mol. The maximum Gasteiger partial charge on any atom is 0.243 e. The van der Waals surface area contributed by atoms with Gasteiger partial charge in [-0.05, 0) is 40.7 Å².